The van der Waals surface area contributed by atoms with Crippen LogP contribution < -0.4 is 16.0 Å². The molecule has 1 aliphatic heterocycles. The molecule has 5 heteroatoms. The monoisotopic (exact) mass is 351 g/mol. The first-order valence-corrected chi connectivity index (χ1v) is 8.98. The van der Waals surface area contributed by atoms with Gasteiger partial charge < -0.3 is 16.0 Å². The van der Waals surface area contributed by atoms with Crippen molar-refractivity contribution in [1.82, 2.24) is 10.6 Å². The maximum absolute atomic E-state index is 12.3. The van der Waals surface area contributed by atoms with Crippen LogP contribution in [-0.4, -0.2) is 24.9 Å². The Morgan fingerprint density at radius 3 is 2.54 bits per heavy atom. The van der Waals surface area contributed by atoms with Crippen LogP contribution in [0.4, 0.5) is 5.69 Å². The van der Waals surface area contributed by atoms with E-state index in [0.29, 0.717) is 18.0 Å². The molecule has 1 atom stereocenters. The van der Waals surface area contributed by atoms with E-state index in [4.69, 9.17) is 0 Å². The van der Waals surface area contributed by atoms with Crippen LogP contribution in [0.25, 0.3) is 0 Å². The molecule has 0 aliphatic carbocycles. The molecule has 0 radical (unpaired) electrons. The molecule has 2 aromatic rings. The minimum absolute atomic E-state index is 0.0145. The van der Waals surface area contributed by atoms with Crippen molar-refractivity contribution in [2.45, 2.75) is 20.4 Å². The maximum atomic E-state index is 12.3. The molecule has 136 valence electrons. The van der Waals surface area contributed by atoms with Gasteiger partial charge in [-0.05, 0) is 55.8 Å². The Morgan fingerprint density at radius 1 is 1.15 bits per heavy atom. The van der Waals surface area contributed by atoms with E-state index < -0.39 is 0 Å². The van der Waals surface area contributed by atoms with Crippen LogP contribution in [0.3, 0.4) is 0 Å². The van der Waals surface area contributed by atoms with Gasteiger partial charge in [0, 0.05) is 23.7 Å². The fraction of sp³-hybridized carbons (Fsp3) is 0.333. The van der Waals surface area contributed by atoms with Gasteiger partial charge in [0.2, 0.25) is 5.91 Å². The van der Waals surface area contributed by atoms with Crippen LogP contribution in [0.2, 0.25) is 0 Å². The van der Waals surface area contributed by atoms with Gasteiger partial charge in [0.15, 0.2) is 0 Å². The summed E-state index contributed by atoms with van der Waals surface area (Å²) in [4.78, 5) is 24.5. The summed E-state index contributed by atoms with van der Waals surface area (Å²) in [6.07, 6.45) is 0. The summed E-state index contributed by atoms with van der Waals surface area (Å²) in [5.74, 6) is 0.374. The molecule has 0 bridgehead atoms. The van der Waals surface area contributed by atoms with Crippen LogP contribution in [-0.2, 0) is 11.3 Å². The lowest BCUT2D eigenvalue weighted by atomic mass is 9.88. The van der Waals surface area contributed by atoms with E-state index in [1.54, 1.807) is 0 Å². The van der Waals surface area contributed by atoms with Crippen LogP contribution in [0, 0.1) is 18.8 Å². The van der Waals surface area contributed by atoms with Gasteiger partial charge in [0.25, 0.3) is 5.91 Å². The van der Waals surface area contributed by atoms with Crippen LogP contribution in [0.15, 0.2) is 48.5 Å². The average Bonchev–Trinajstić information content (AvgIpc) is 2.59. The Labute approximate surface area is 154 Å². The van der Waals surface area contributed by atoms with Crippen molar-refractivity contribution in [3.8, 4) is 0 Å². The van der Waals surface area contributed by atoms with Gasteiger partial charge in [-0.3, -0.25) is 9.59 Å². The number of carbonyl (C=O) groups excluding carboxylic acids is 2. The van der Waals surface area contributed by atoms with Crippen molar-refractivity contribution in [1.29, 1.82) is 0 Å². The highest BCUT2D eigenvalue weighted by Gasteiger charge is 2.28. The van der Waals surface area contributed by atoms with Crippen molar-refractivity contribution >= 4 is 17.5 Å². The molecular formula is C21H25N3O2. The van der Waals surface area contributed by atoms with E-state index in [9.17, 15) is 9.59 Å². The van der Waals surface area contributed by atoms with Crippen molar-refractivity contribution in [2.24, 2.45) is 11.8 Å². The molecule has 1 heterocycles. The highest BCUT2D eigenvalue weighted by molar-refractivity contribution is 6.04. The maximum Gasteiger partial charge on any atom is 0.255 e. The number of benzene rings is 2. The number of carbonyl (C=O) groups is 2. The smallest absolute Gasteiger partial charge is 0.255 e. The zero-order valence-corrected chi connectivity index (χ0v) is 15.2. The zero-order chi connectivity index (χ0) is 18.5. The van der Waals surface area contributed by atoms with Crippen molar-refractivity contribution in [3.05, 3.63) is 65.2 Å². The van der Waals surface area contributed by atoms with Gasteiger partial charge in [0.05, 0.1) is 0 Å². The van der Waals surface area contributed by atoms with E-state index in [-0.39, 0.29) is 17.7 Å². The molecule has 3 rings (SSSR count). The average molecular weight is 351 g/mol. The van der Waals surface area contributed by atoms with Gasteiger partial charge >= 0.3 is 0 Å². The minimum Gasteiger partial charge on any atom is -0.352 e. The number of hydrogen-bond acceptors (Lipinski definition) is 3. The van der Waals surface area contributed by atoms with Gasteiger partial charge in [-0.2, -0.15) is 0 Å². The summed E-state index contributed by atoms with van der Waals surface area (Å²) in [5.41, 5.74) is 3.42. The second-order valence-electron chi connectivity index (χ2n) is 6.95. The van der Waals surface area contributed by atoms with E-state index in [1.165, 1.54) is 0 Å². The lowest BCUT2D eigenvalue weighted by Crippen LogP contribution is -2.49. The molecule has 0 spiro atoms. The van der Waals surface area contributed by atoms with Crippen LogP contribution >= 0.6 is 0 Å². The molecule has 1 unspecified atom stereocenters. The number of amides is 2. The molecule has 26 heavy (non-hydrogen) atoms. The van der Waals surface area contributed by atoms with Gasteiger partial charge in [0.1, 0.15) is 0 Å². The predicted molar refractivity (Wildman–Crippen MR) is 103 cm³/mol. The molecule has 2 amide bonds. The topological polar surface area (TPSA) is 70.2 Å². The van der Waals surface area contributed by atoms with E-state index >= 15 is 0 Å². The molecule has 0 aromatic heterocycles. The first-order valence-electron chi connectivity index (χ1n) is 8.98. The second-order valence-corrected chi connectivity index (χ2v) is 6.95. The second kappa shape index (κ2) is 8.15. The molecule has 1 fully saturated rings. The first kappa shape index (κ1) is 18.1. The van der Waals surface area contributed by atoms with Gasteiger partial charge in [-0.15, -0.1) is 0 Å². The number of rotatable bonds is 6. The lowest BCUT2D eigenvalue weighted by molar-refractivity contribution is -0.126. The standard InChI is InChI=1S/C21H25N3O2/c1-14-6-8-17(9-7-14)21(26)24-19-5-3-4-16(10-19)11-23-20(25)15(2)18-12-22-13-18/h3-10,15,18,22H,11-13H2,1-2H3,(H,23,25)(H,24,26). The summed E-state index contributed by atoms with van der Waals surface area (Å²) in [7, 11) is 0. The minimum atomic E-state index is -0.141. The highest BCUT2D eigenvalue weighted by atomic mass is 16.2. The summed E-state index contributed by atoms with van der Waals surface area (Å²) < 4.78 is 0. The van der Waals surface area contributed by atoms with Crippen molar-refractivity contribution < 1.29 is 9.59 Å². The van der Waals surface area contributed by atoms with Crippen LogP contribution in [0.5, 0.6) is 0 Å². The summed E-state index contributed by atoms with van der Waals surface area (Å²) >= 11 is 0. The Bertz CT molecular complexity index is 782. The number of hydrogen-bond donors (Lipinski definition) is 3. The Kier molecular flexibility index (Phi) is 5.68. The Hall–Kier alpha value is -2.66. The predicted octanol–water partition coefficient (Wildman–Crippen LogP) is 2.72. The molecule has 3 N–H and O–H groups in total. The van der Waals surface area contributed by atoms with Gasteiger partial charge in [-0.25, -0.2) is 0 Å². The third-order valence-corrected chi connectivity index (χ3v) is 4.90. The molecule has 5 nitrogen and oxygen atoms in total. The van der Waals surface area contributed by atoms with Gasteiger partial charge in [-0.1, -0.05) is 36.8 Å². The number of nitrogens with one attached hydrogen (secondary N) is 3. The fourth-order valence-electron chi connectivity index (χ4n) is 2.90. The quantitative estimate of drug-likeness (QED) is 0.749. The summed E-state index contributed by atoms with van der Waals surface area (Å²) in [6.45, 7) is 6.24. The third kappa shape index (κ3) is 4.49. The summed E-state index contributed by atoms with van der Waals surface area (Å²) in [5, 5.41) is 9.08. The number of anilines is 1. The molecule has 1 aliphatic rings. The normalized spacial score (nSPS) is 15.0. The lowest BCUT2D eigenvalue weighted by Gasteiger charge is -2.31. The Balaban J connectivity index is 1.56. The molecule has 0 saturated carbocycles. The van der Waals surface area contributed by atoms with E-state index in [2.05, 4.69) is 16.0 Å². The highest BCUT2D eigenvalue weighted by Crippen LogP contribution is 2.17. The van der Waals surface area contributed by atoms with E-state index in [0.717, 1.165) is 29.9 Å². The zero-order valence-electron chi connectivity index (χ0n) is 15.2. The largest absolute Gasteiger partial charge is 0.352 e. The molecule has 1 saturated heterocycles. The fourth-order valence-corrected chi connectivity index (χ4v) is 2.90. The first-order chi connectivity index (χ1) is 12.5. The van der Waals surface area contributed by atoms with Crippen LogP contribution in [0.1, 0.15) is 28.4 Å². The van der Waals surface area contributed by atoms with Crippen molar-refractivity contribution in [3.63, 3.8) is 0 Å². The SMILES string of the molecule is Cc1ccc(C(=O)Nc2cccc(CNC(=O)C(C)C3CNC3)c2)cc1. The molecular weight excluding hydrogens is 326 g/mol. The van der Waals surface area contributed by atoms with E-state index in [1.807, 2.05) is 62.4 Å². The third-order valence-electron chi connectivity index (χ3n) is 4.90. The molecule has 2 aromatic carbocycles. The number of aryl methyl sites for hydroxylation is 1. The Morgan fingerprint density at radius 2 is 1.88 bits per heavy atom. The summed E-state index contributed by atoms with van der Waals surface area (Å²) in [6, 6.07) is 15.0. The van der Waals surface area contributed by atoms with Crippen molar-refractivity contribution in [2.75, 3.05) is 18.4 Å².